The Kier molecular flexibility index (Phi) is 4.30. The fourth-order valence-electron chi connectivity index (χ4n) is 4.85. The van der Waals surface area contributed by atoms with Gasteiger partial charge in [-0.05, 0) is 58.7 Å². The second-order valence-corrected chi connectivity index (χ2v) is 12.0. The Morgan fingerprint density at radius 2 is 1.62 bits per heavy atom. The topological polar surface area (TPSA) is 24.4 Å². The molecular weight excluding hydrogens is 428 g/mol. The Hall–Kier alpha value is -2.69. The van der Waals surface area contributed by atoms with Crippen LogP contribution >= 0.6 is 22.7 Å². The van der Waals surface area contributed by atoms with Crippen molar-refractivity contribution in [2.24, 2.45) is 4.99 Å². The van der Waals surface area contributed by atoms with E-state index in [1.54, 1.807) is 0 Å². The average Bonchev–Trinajstić information content (AvgIpc) is 3.29. The van der Waals surface area contributed by atoms with Gasteiger partial charge in [-0.3, -0.25) is 4.99 Å². The first-order valence-corrected chi connectivity index (χ1v) is 12.7. The van der Waals surface area contributed by atoms with Crippen molar-refractivity contribution in [3.8, 4) is 0 Å². The zero-order valence-corrected chi connectivity index (χ0v) is 20.7. The van der Waals surface area contributed by atoms with Crippen LogP contribution in [0.25, 0.3) is 30.9 Å². The summed E-state index contributed by atoms with van der Waals surface area (Å²) in [6.45, 7) is 12.0. The molecule has 5 aromatic rings. The lowest BCUT2D eigenvalue weighted by Crippen LogP contribution is -2.17. The smallest absolute Gasteiger partial charge is 0.108 e. The quantitative estimate of drug-likeness (QED) is 0.270. The third kappa shape index (κ3) is 2.86. The Morgan fingerprint density at radius 3 is 2.44 bits per heavy atom. The molecule has 2 nitrogen and oxygen atoms in total. The van der Waals surface area contributed by atoms with Gasteiger partial charge in [-0.1, -0.05) is 57.2 Å². The van der Waals surface area contributed by atoms with Gasteiger partial charge in [0.2, 0.25) is 0 Å². The van der Waals surface area contributed by atoms with Crippen LogP contribution in [-0.4, -0.2) is 12.4 Å². The maximum atomic E-state index is 4.99. The van der Waals surface area contributed by atoms with Gasteiger partial charge in [-0.25, -0.2) is 0 Å². The number of hydrogen-bond donors (Lipinski definition) is 1. The lowest BCUT2D eigenvalue weighted by molar-refractivity contribution is 0.596. The SMILES string of the molecule is Cc1sc2c(ccc3c4c(sc32)C(c2cc(C(C)(C)C)c3ccccc3c2)=NCN4)c1C. The lowest BCUT2D eigenvalue weighted by atomic mass is 9.82. The van der Waals surface area contributed by atoms with Gasteiger partial charge in [0.1, 0.15) is 6.67 Å². The van der Waals surface area contributed by atoms with Crippen LogP contribution in [0, 0.1) is 13.8 Å². The molecule has 3 aromatic carbocycles. The molecule has 1 aliphatic heterocycles. The summed E-state index contributed by atoms with van der Waals surface area (Å²) in [5, 5.41) is 8.91. The summed E-state index contributed by atoms with van der Waals surface area (Å²) >= 11 is 3.81. The van der Waals surface area contributed by atoms with E-state index in [0.29, 0.717) is 6.67 Å². The minimum absolute atomic E-state index is 0.0598. The molecule has 0 spiro atoms. The van der Waals surface area contributed by atoms with E-state index in [1.165, 1.54) is 63.1 Å². The second kappa shape index (κ2) is 6.90. The van der Waals surface area contributed by atoms with Crippen LogP contribution < -0.4 is 5.32 Å². The summed E-state index contributed by atoms with van der Waals surface area (Å²) in [7, 11) is 0. The number of hydrogen-bond acceptors (Lipinski definition) is 4. The molecule has 32 heavy (non-hydrogen) atoms. The Labute approximate surface area is 196 Å². The van der Waals surface area contributed by atoms with E-state index in [0.717, 1.165) is 5.71 Å². The average molecular weight is 455 g/mol. The maximum absolute atomic E-state index is 4.99. The Bertz CT molecular complexity index is 1570. The van der Waals surface area contributed by atoms with E-state index in [2.05, 4.69) is 88.5 Å². The normalized spacial score (nSPS) is 14.1. The highest BCUT2D eigenvalue weighted by molar-refractivity contribution is 7.28. The first-order valence-electron chi connectivity index (χ1n) is 11.1. The third-order valence-electron chi connectivity index (χ3n) is 6.65. The summed E-state index contributed by atoms with van der Waals surface area (Å²) in [5.41, 5.74) is 6.42. The molecule has 1 N–H and O–H groups in total. The summed E-state index contributed by atoms with van der Waals surface area (Å²) in [6.07, 6.45) is 0. The molecule has 0 unspecified atom stereocenters. The number of fused-ring (bicyclic) bond motifs is 6. The van der Waals surface area contributed by atoms with Crippen LogP contribution in [0.15, 0.2) is 53.5 Å². The van der Waals surface area contributed by atoms with E-state index in [4.69, 9.17) is 4.99 Å². The highest BCUT2D eigenvalue weighted by Crippen LogP contribution is 2.46. The van der Waals surface area contributed by atoms with Crippen molar-refractivity contribution in [3.63, 3.8) is 0 Å². The van der Waals surface area contributed by atoms with Crippen molar-refractivity contribution in [2.45, 2.75) is 40.0 Å². The first kappa shape index (κ1) is 20.0. The highest BCUT2D eigenvalue weighted by Gasteiger charge is 2.25. The zero-order chi connectivity index (χ0) is 22.2. The van der Waals surface area contributed by atoms with Gasteiger partial charge in [0.15, 0.2) is 0 Å². The van der Waals surface area contributed by atoms with Gasteiger partial charge >= 0.3 is 0 Å². The molecule has 0 radical (unpaired) electrons. The van der Waals surface area contributed by atoms with Crippen LogP contribution in [0.4, 0.5) is 5.69 Å². The molecule has 0 saturated heterocycles. The maximum Gasteiger partial charge on any atom is 0.108 e. The number of aliphatic imine (C=N–C) groups is 1. The van der Waals surface area contributed by atoms with Gasteiger partial charge in [-0.2, -0.15) is 0 Å². The standard InChI is InChI=1S/C28H26N2S2/c1-15-16(2)31-25-19(15)10-11-21-24-27(32-26(21)25)23(29-14-30-24)18-12-17-8-6-7-9-20(17)22(13-18)28(3,4)5/h6-13,30H,14H2,1-5H3. The van der Waals surface area contributed by atoms with Crippen molar-refractivity contribution < 1.29 is 0 Å². The molecule has 0 saturated carbocycles. The molecule has 4 heteroatoms. The van der Waals surface area contributed by atoms with Crippen LogP contribution in [0.1, 0.15) is 47.2 Å². The second-order valence-electron chi connectivity index (χ2n) is 9.74. The zero-order valence-electron chi connectivity index (χ0n) is 19.1. The molecule has 0 fully saturated rings. The van der Waals surface area contributed by atoms with E-state index < -0.39 is 0 Å². The molecule has 0 aliphatic carbocycles. The number of thiophene rings is 2. The third-order valence-corrected chi connectivity index (χ3v) is 9.25. The molecular formula is C28H26N2S2. The van der Waals surface area contributed by atoms with E-state index in [1.807, 2.05) is 22.7 Å². The van der Waals surface area contributed by atoms with Crippen LogP contribution in [0.3, 0.4) is 0 Å². The Morgan fingerprint density at radius 1 is 0.875 bits per heavy atom. The van der Waals surface area contributed by atoms with Crippen LogP contribution in [0.5, 0.6) is 0 Å². The van der Waals surface area contributed by atoms with Crippen molar-refractivity contribution >= 4 is 65.0 Å². The number of rotatable bonds is 1. The van der Waals surface area contributed by atoms with E-state index >= 15 is 0 Å². The monoisotopic (exact) mass is 454 g/mol. The lowest BCUT2D eigenvalue weighted by Gasteiger charge is -2.24. The van der Waals surface area contributed by atoms with Gasteiger partial charge in [0.05, 0.1) is 25.7 Å². The number of nitrogens with zero attached hydrogens (tertiary/aromatic N) is 1. The summed E-state index contributed by atoms with van der Waals surface area (Å²) in [5.74, 6) is 0. The van der Waals surface area contributed by atoms with Gasteiger partial charge < -0.3 is 5.32 Å². The predicted octanol–water partition coefficient (Wildman–Crippen LogP) is 8.40. The largest absolute Gasteiger partial charge is 0.365 e. The van der Waals surface area contributed by atoms with Gasteiger partial charge in [0.25, 0.3) is 0 Å². The molecule has 6 rings (SSSR count). The summed E-state index contributed by atoms with van der Waals surface area (Å²) < 4.78 is 2.79. The van der Waals surface area contributed by atoms with Crippen molar-refractivity contribution in [1.29, 1.82) is 0 Å². The van der Waals surface area contributed by atoms with Crippen LogP contribution in [-0.2, 0) is 5.41 Å². The highest BCUT2D eigenvalue weighted by atomic mass is 32.1. The van der Waals surface area contributed by atoms with Crippen LogP contribution in [0.2, 0.25) is 0 Å². The molecule has 2 aromatic heterocycles. The number of aryl methyl sites for hydroxylation is 2. The molecule has 0 atom stereocenters. The molecule has 1 aliphatic rings. The first-order chi connectivity index (χ1) is 15.3. The number of anilines is 1. The summed E-state index contributed by atoms with van der Waals surface area (Å²) in [6, 6.07) is 18.0. The van der Waals surface area contributed by atoms with Crippen molar-refractivity contribution in [2.75, 3.05) is 12.0 Å². The fraction of sp³-hybridized carbons (Fsp3) is 0.250. The van der Waals surface area contributed by atoms with Crippen molar-refractivity contribution in [1.82, 2.24) is 0 Å². The molecule has 3 heterocycles. The van der Waals surface area contributed by atoms with Gasteiger partial charge in [0, 0.05) is 15.8 Å². The fourth-order valence-corrected chi connectivity index (χ4v) is 7.46. The minimum Gasteiger partial charge on any atom is -0.365 e. The number of nitrogens with one attached hydrogen (secondary N) is 1. The van der Waals surface area contributed by atoms with Gasteiger partial charge in [-0.15, -0.1) is 22.7 Å². The Balaban J connectivity index is 1.62. The summed E-state index contributed by atoms with van der Waals surface area (Å²) in [4.78, 5) is 7.66. The van der Waals surface area contributed by atoms with Crippen molar-refractivity contribution in [3.05, 3.63) is 75.0 Å². The molecule has 0 amide bonds. The van der Waals surface area contributed by atoms with E-state index in [-0.39, 0.29) is 5.41 Å². The number of benzene rings is 3. The predicted molar refractivity (Wildman–Crippen MR) is 143 cm³/mol. The van der Waals surface area contributed by atoms with E-state index in [9.17, 15) is 0 Å². The molecule has 0 bridgehead atoms. The molecule has 160 valence electrons. The minimum atomic E-state index is 0.0598.